The van der Waals surface area contributed by atoms with Gasteiger partial charge in [0, 0.05) is 38.8 Å². The monoisotopic (exact) mass is 663 g/mol. The quantitative estimate of drug-likeness (QED) is 0.329. The Hall–Kier alpha value is -3.93. The van der Waals surface area contributed by atoms with Gasteiger partial charge in [-0.1, -0.05) is 49.7 Å². The van der Waals surface area contributed by atoms with Gasteiger partial charge in [0.2, 0.25) is 5.95 Å². The maximum atomic E-state index is 14.0. The van der Waals surface area contributed by atoms with E-state index in [1.807, 2.05) is 9.80 Å². The van der Waals surface area contributed by atoms with Crippen LogP contribution in [0.2, 0.25) is 5.02 Å². The largest absolute Gasteiger partial charge is 0.419 e. The number of carbonyl (C=O) groups excluding carboxylic acids is 1. The van der Waals surface area contributed by atoms with Crippen LogP contribution in [0.15, 0.2) is 40.8 Å². The summed E-state index contributed by atoms with van der Waals surface area (Å²) in [6.07, 6.45) is -3.60. The minimum atomic E-state index is -4.86. The van der Waals surface area contributed by atoms with E-state index in [2.05, 4.69) is 41.5 Å². The van der Waals surface area contributed by atoms with Gasteiger partial charge in [-0.25, -0.2) is 4.98 Å². The lowest BCUT2D eigenvalue weighted by atomic mass is 10.1. The van der Waals surface area contributed by atoms with Crippen LogP contribution in [0.4, 0.5) is 24.9 Å². The molecule has 1 unspecified atom stereocenters. The first kappa shape index (κ1) is 32.5. The Morgan fingerprint density at radius 2 is 1.87 bits per heavy atom. The lowest BCUT2D eigenvalue weighted by molar-refractivity contribution is -0.137. The molecule has 0 aliphatic carbocycles. The second kappa shape index (κ2) is 12.8. The summed E-state index contributed by atoms with van der Waals surface area (Å²) in [5.41, 5.74) is -2.74. The summed E-state index contributed by atoms with van der Waals surface area (Å²) < 4.78 is 42.7. The molecule has 2 aliphatic heterocycles. The number of benzene rings is 1. The predicted octanol–water partition coefficient (Wildman–Crippen LogP) is 4.06. The molecule has 0 bridgehead atoms. The van der Waals surface area contributed by atoms with Crippen LogP contribution in [0, 0.1) is 11.3 Å². The fourth-order valence-corrected chi connectivity index (χ4v) is 6.25. The number of halogens is 5. The van der Waals surface area contributed by atoms with E-state index in [9.17, 15) is 28.0 Å². The highest BCUT2D eigenvalue weighted by atomic mass is 35.5. The molecule has 11 nitrogen and oxygen atoms in total. The number of fused-ring (bicyclic) bond motifs is 1. The fourth-order valence-electron chi connectivity index (χ4n) is 5.86. The average Bonchev–Trinajstić information content (AvgIpc) is 2.97. The molecule has 1 amide bonds. The van der Waals surface area contributed by atoms with Crippen LogP contribution in [-0.2, 0) is 11.0 Å². The number of alkyl halides is 3. The van der Waals surface area contributed by atoms with Crippen molar-refractivity contribution in [2.24, 2.45) is 0 Å². The van der Waals surface area contributed by atoms with Crippen LogP contribution in [0.1, 0.15) is 25.8 Å². The lowest BCUT2D eigenvalue weighted by Crippen LogP contribution is -2.60. The van der Waals surface area contributed by atoms with Crippen molar-refractivity contribution in [3.05, 3.63) is 56.9 Å². The molecule has 238 valence electrons. The van der Waals surface area contributed by atoms with E-state index in [-0.39, 0.29) is 54.0 Å². The Bertz CT molecular complexity index is 1730. The van der Waals surface area contributed by atoms with Gasteiger partial charge in [-0.2, -0.15) is 33.2 Å². The van der Waals surface area contributed by atoms with Gasteiger partial charge < -0.3 is 14.7 Å². The van der Waals surface area contributed by atoms with E-state index >= 15 is 0 Å². The third-order valence-corrected chi connectivity index (χ3v) is 8.67. The minimum Gasteiger partial charge on any atom is -0.352 e. The van der Waals surface area contributed by atoms with Crippen molar-refractivity contribution >= 4 is 51.8 Å². The van der Waals surface area contributed by atoms with Gasteiger partial charge in [0.1, 0.15) is 11.3 Å². The van der Waals surface area contributed by atoms with Gasteiger partial charge >= 0.3 is 6.18 Å². The average molecular weight is 665 g/mol. The Kier molecular flexibility index (Phi) is 9.25. The lowest BCUT2D eigenvalue weighted by Gasteiger charge is -2.45. The third-order valence-electron chi connectivity index (χ3n) is 8.19. The minimum absolute atomic E-state index is 0.00000137. The molecule has 5 rings (SSSR count). The standard InChI is InChI=1S/C29H30Cl2F3N9O2/c1-4-39(5-2)19-15-41(16-19)28-37-24-20(13-36-43(27(24)45)22-8-6-7-21(31)23(22)29(32,33)34)25(38-28)40-11-12-42(26(44)17(3)30)18(14-40)9-10-35/h6-8,13,18-19H,3-5,9,11-12,14-16H2,1-2H3. The zero-order valence-corrected chi connectivity index (χ0v) is 26.1. The summed E-state index contributed by atoms with van der Waals surface area (Å²) in [7, 11) is 0. The predicted molar refractivity (Wildman–Crippen MR) is 165 cm³/mol. The summed E-state index contributed by atoms with van der Waals surface area (Å²) in [6, 6.07) is 5.30. The van der Waals surface area contributed by atoms with Gasteiger partial charge in [-0.3, -0.25) is 14.5 Å². The molecule has 4 heterocycles. The number of aromatic nitrogens is 4. The molecule has 2 fully saturated rings. The van der Waals surface area contributed by atoms with Crippen LogP contribution in [-0.4, -0.2) is 93.4 Å². The highest BCUT2D eigenvalue weighted by Gasteiger charge is 2.38. The van der Waals surface area contributed by atoms with Crippen molar-refractivity contribution in [3.8, 4) is 11.8 Å². The molecule has 2 aromatic heterocycles. The maximum Gasteiger partial charge on any atom is 0.419 e. The first-order valence-corrected chi connectivity index (χ1v) is 15.1. The van der Waals surface area contributed by atoms with Gasteiger partial charge in [-0.15, -0.1) is 0 Å². The highest BCUT2D eigenvalue weighted by molar-refractivity contribution is 6.41. The SMILES string of the molecule is C=C(Cl)C(=O)N1CCN(c2nc(N3CC(N(CC)CC)C3)nc3c(=O)n(-c4cccc(Cl)c4C(F)(F)F)ncc23)CC1CC#N. The van der Waals surface area contributed by atoms with Crippen molar-refractivity contribution in [2.75, 3.05) is 55.6 Å². The van der Waals surface area contributed by atoms with E-state index in [4.69, 9.17) is 28.2 Å². The van der Waals surface area contributed by atoms with Crippen molar-refractivity contribution < 1.29 is 18.0 Å². The second-order valence-electron chi connectivity index (χ2n) is 10.7. The molecule has 16 heteroatoms. The van der Waals surface area contributed by atoms with Crippen molar-refractivity contribution in [3.63, 3.8) is 0 Å². The van der Waals surface area contributed by atoms with Crippen molar-refractivity contribution in [1.82, 2.24) is 29.5 Å². The Morgan fingerprint density at radius 1 is 1.16 bits per heavy atom. The highest BCUT2D eigenvalue weighted by Crippen LogP contribution is 2.38. The van der Waals surface area contributed by atoms with Crippen LogP contribution in [0.25, 0.3) is 16.6 Å². The summed E-state index contributed by atoms with van der Waals surface area (Å²) in [5.74, 6) is 0.0710. The molecule has 1 aromatic carbocycles. The molecule has 0 spiro atoms. The number of carbonyl (C=O) groups is 1. The zero-order chi connectivity index (χ0) is 32.6. The van der Waals surface area contributed by atoms with E-state index < -0.39 is 40.0 Å². The molecule has 1 atom stereocenters. The second-order valence-corrected chi connectivity index (χ2v) is 11.6. The summed E-state index contributed by atoms with van der Waals surface area (Å²) in [4.78, 5) is 43.5. The number of nitriles is 1. The van der Waals surface area contributed by atoms with Crippen LogP contribution in [0.5, 0.6) is 0 Å². The molecule has 2 aliphatic rings. The molecule has 0 saturated carbocycles. The number of hydrogen-bond acceptors (Lipinski definition) is 9. The number of likely N-dealkylation sites (N-methyl/N-ethyl adjacent to an activating group) is 1. The van der Waals surface area contributed by atoms with E-state index in [1.54, 1.807) is 0 Å². The Balaban J connectivity index is 1.64. The van der Waals surface area contributed by atoms with E-state index in [0.717, 1.165) is 25.2 Å². The van der Waals surface area contributed by atoms with Crippen molar-refractivity contribution in [1.29, 1.82) is 5.26 Å². The van der Waals surface area contributed by atoms with Crippen molar-refractivity contribution in [2.45, 2.75) is 38.5 Å². The number of hydrogen-bond donors (Lipinski definition) is 0. The normalized spacial score (nSPS) is 17.5. The molecule has 0 N–H and O–H groups in total. The van der Waals surface area contributed by atoms with Crippen LogP contribution >= 0.6 is 23.2 Å². The third kappa shape index (κ3) is 6.16. The number of piperazine rings is 1. The van der Waals surface area contributed by atoms with Gasteiger partial charge in [0.15, 0.2) is 0 Å². The first-order valence-electron chi connectivity index (χ1n) is 14.3. The Labute approximate surface area is 267 Å². The van der Waals surface area contributed by atoms with Gasteiger partial charge in [-0.05, 0) is 25.2 Å². The van der Waals surface area contributed by atoms with Gasteiger partial charge in [0.05, 0.1) is 51.4 Å². The number of anilines is 2. The smallest absolute Gasteiger partial charge is 0.352 e. The molecular weight excluding hydrogens is 634 g/mol. The fraction of sp³-hybridized carbons (Fsp3) is 0.448. The molecule has 0 radical (unpaired) electrons. The number of rotatable bonds is 8. The van der Waals surface area contributed by atoms with E-state index in [1.165, 1.54) is 17.2 Å². The summed E-state index contributed by atoms with van der Waals surface area (Å²) >= 11 is 11.8. The van der Waals surface area contributed by atoms with E-state index in [0.29, 0.717) is 23.6 Å². The topological polar surface area (TPSA) is 114 Å². The molecule has 45 heavy (non-hydrogen) atoms. The van der Waals surface area contributed by atoms with Crippen LogP contribution in [0.3, 0.4) is 0 Å². The van der Waals surface area contributed by atoms with Crippen LogP contribution < -0.4 is 15.4 Å². The molecule has 2 saturated heterocycles. The molecular formula is C29H30Cl2F3N9O2. The van der Waals surface area contributed by atoms with Gasteiger partial charge in [0.25, 0.3) is 11.5 Å². The molecule has 3 aromatic rings. The number of nitrogens with zero attached hydrogens (tertiary/aromatic N) is 9. The summed E-state index contributed by atoms with van der Waals surface area (Å²) in [5, 5.41) is 13.1. The maximum absolute atomic E-state index is 14.0. The zero-order valence-electron chi connectivity index (χ0n) is 24.6. The first-order chi connectivity index (χ1) is 21.4. The Morgan fingerprint density at radius 3 is 2.49 bits per heavy atom. The summed E-state index contributed by atoms with van der Waals surface area (Å²) in [6.45, 7) is 11.2. The number of amides is 1.